The number of anilines is 1. The molecular formula is C35H36F7N3O4S. The summed E-state index contributed by atoms with van der Waals surface area (Å²) < 4.78 is 101. The van der Waals surface area contributed by atoms with Crippen molar-refractivity contribution in [3.8, 4) is 16.5 Å². The Balaban J connectivity index is 1.73. The molecule has 0 saturated carbocycles. The number of aryl methyl sites for hydroxylation is 1. The van der Waals surface area contributed by atoms with Crippen LogP contribution in [-0.2, 0) is 32.9 Å². The van der Waals surface area contributed by atoms with Crippen molar-refractivity contribution in [3.05, 3.63) is 74.9 Å². The Labute approximate surface area is 288 Å². The highest BCUT2D eigenvalue weighted by Gasteiger charge is 2.43. The molecule has 0 unspecified atom stereocenters. The van der Waals surface area contributed by atoms with E-state index >= 15 is 0 Å². The summed E-state index contributed by atoms with van der Waals surface area (Å²) in [5.74, 6) is -1.34. The Kier molecular flexibility index (Phi) is 10.4. The zero-order valence-corrected chi connectivity index (χ0v) is 28.9. The van der Waals surface area contributed by atoms with E-state index in [4.69, 9.17) is 4.74 Å². The molecule has 15 heteroatoms. The van der Waals surface area contributed by atoms with Gasteiger partial charge in [-0.05, 0) is 101 Å². The van der Waals surface area contributed by atoms with Crippen LogP contribution in [-0.4, -0.2) is 47.1 Å². The molecule has 1 amide bonds. The number of benzene rings is 2. The van der Waals surface area contributed by atoms with Crippen molar-refractivity contribution in [2.45, 2.75) is 83.4 Å². The number of halogens is 7. The first-order valence-electron chi connectivity index (χ1n) is 15.5. The van der Waals surface area contributed by atoms with Gasteiger partial charge in [-0.3, -0.25) is 4.79 Å². The number of ketones is 1. The van der Waals surface area contributed by atoms with Crippen LogP contribution in [0.15, 0.2) is 36.4 Å². The Morgan fingerprint density at radius 1 is 0.960 bits per heavy atom. The fourth-order valence-corrected chi connectivity index (χ4v) is 7.05. The Morgan fingerprint density at radius 2 is 1.50 bits per heavy atom. The molecule has 0 aliphatic carbocycles. The topological polar surface area (TPSA) is 103 Å². The first-order chi connectivity index (χ1) is 22.9. The summed E-state index contributed by atoms with van der Waals surface area (Å²) in [4.78, 5) is 28.3. The van der Waals surface area contributed by atoms with Gasteiger partial charge in [0, 0.05) is 13.1 Å². The number of nitriles is 1. The highest BCUT2D eigenvalue weighted by Crippen LogP contribution is 2.49. The van der Waals surface area contributed by atoms with Gasteiger partial charge in [0.05, 0.1) is 44.1 Å². The fourth-order valence-electron chi connectivity index (χ4n) is 5.58. The minimum atomic E-state index is -5.12. The predicted octanol–water partition coefficient (Wildman–Crippen LogP) is 8.95. The maximum atomic E-state index is 14.1. The van der Waals surface area contributed by atoms with Gasteiger partial charge in [0.15, 0.2) is 5.78 Å². The SMILES string of the molecule is Cc1cc(F)ccc1-c1sc(C2(O)CCN(C(=O)OC(C)(C)C)CC2)c(C#N)c1NCC(=O)C(C)(C)c1cc(C(F)(F)F)cc(C(F)(F)F)c1. The summed E-state index contributed by atoms with van der Waals surface area (Å²) in [6.07, 6.45) is -10.8. The lowest BCUT2D eigenvalue weighted by molar-refractivity contribution is -0.143. The number of aliphatic hydroxyl groups is 1. The molecule has 1 aliphatic heterocycles. The number of rotatable bonds is 7. The number of carbonyl (C=O) groups is 2. The van der Waals surface area contributed by atoms with Gasteiger partial charge in [-0.2, -0.15) is 31.6 Å². The normalized spacial score (nSPS) is 15.4. The molecule has 1 saturated heterocycles. The molecule has 1 fully saturated rings. The summed E-state index contributed by atoms with van der Waals surface area (Å²) in [6, 6.07) is 6.94. The molecule has 0 radical (unpaired) electrons. The van der Waals surface area contributed by atoms with Crippen LogP contribution >= 0.6 is 11.3 Å². The van der Waals surface area contributed by atoms with Crippen molar-refractivity contribution < 1.29 is 50.2 Å². The number of hydrogen-bond donors (Lipinski definition) is 2. The van der Waals surface area contributed by atoms with E-state index in [1.807, 2.05) is 0 Å². The Hall–Kier alpha value is -4.16. The van der Waals surface area contributed by atoms with Gasteiger partial charge < -0.3 is 20.1 Å². The van der Waals surface area contributed by atoms with Crippen molar-refractivity contribution in [2.75, 3.05) is 25.0 Å². The van der Waals surface area contributed by atoms with Gasteiger partial charge >= 0.3 is 18.4 Å². The minimum Gasteiger partial charge on any atom is -0.444 e. The lowest BCUT2D eigenvalue weighted by Gasteiger charge is -2.38. The van der Waals surface area contributed by atoms with Gasteiger partial charge in [-0.25, -0.2) is 9.18 Å². The van der Waals surface area contributed by atoms with E-state index in [1.54, 1.807) is 27.7 Å². The molecule has 50 heavy (non-hydrogen) atoms. The predicted molar refractivity (Wildman–Crippen MR) is 173 cm³/mol. The number of hydrogen-bond acceptors (Lipinski definition) is 7. The largest absolute Gasteiger partial charge is 0.444 e. The minimum absolute atomic E-state index is 0.0194. The Morgan fingerprint density at radius 3 is 1.98 bits per heavy atom. The zero-order chi connectivity index (χ0) is 37.6. The number of piperidine rings is 1. The summed E-state index contributed by atoms with van der Waals surface area (Å²) in [7, 11) is 0. The number of alkyl halides is 6. The van der Waals surface area contributed by atoms with Crippen molar-refractivity contribution in [1.82, 2.24) is 4.90 Å². The standard InChI is InChI=1S/C35H36F7N3O4S/c1-19-13-23(36)7-8-24(19)28-27(25(17-43)29(50-28)33(48)9-11-45(12-10-33)30(47)49-31(2,3)4)44-18-26(46)32(5,6)20-14-21(34(37,38)39)16-22(15-20)35(40,41)42/h7-8,13-16,44,48H,9-12,18H2,1-6H3. The second-order valence-electron chi connectivity index (χ2n) is 13.8. The fraction of sp³-hybridized carbons (Fsp3) is 0.457. The zero-order valence-electron chi connectivity index (χ0n) is 28.1. The summed E-state index contributed by atoms with van der Waals surface area (Å²) in [5, 5.41) is 25.1. The molecule has 0 bridgehead atoms. The van der Waals surface area contributed by atoms with Crippen LogP contribution in [0.25, 0.3) is 10.4 Å². The van der Waals surface area contributed by atoms with Crippen LogP contribution in [0.3, 0.4) is 0 Å². The number of Topliss-reactive ketones (excluding diaryl/α,β-unsaturated/α-hetero) is 1. The van der Waals surface area contributed by atoms with E-state index in [9.17, 15) is 50.7 Å². The van der Waals surface area contributed by atoms with Gasteiger partial charge in [0.2, 0.25) is 0 Å². The van der Waals surface area contributed by atoms with E-state index in [0.717, 1.165) is 11.3 Å². The first kappa shape index (κ1) is 38.6. The molecule has 1 aromatic heterocycles. The lowest BCUT2D eigenvalue weighted by Crippen LogP contribution is -2.46. The van der Waals surface area contributed by atoms with Gasteiger partial charge in [-0.1, -0.05) is 6.07 Å². The third-order valence-corrected chi connectivity index (χ3v) is 9.97. The number of carbonyl (C=O) groups excluding carboxylic acids is 2. The van der Waals surface area contributed by atoms with Gasteiger partial charge in [-0.15, -0.1) is 11.3 Å². The molecule has 2 heterocycles. The second kappa shape index (κ2) is 13.5. The van der Waals surface area contributed by atoms with Gasteiger partial charge in [0.1, 0.15) is 23.1 Å². The second-order valence-corrected chi connectivity index (χ2v) is 14.8. The molecule has 270 valence electrons. The molecule has 0 spiro atoms. The number of ether oxygens (including phenoxy) is 1. The van der Waals surface area contributed by atoms with E-state index in [0.29, 0.717) is 28.1 Å². The highest BCUT2D eigenvalue weighted by atomic mass is 32.1. The van der Waals surface area contributed by atoms with Gasteiger partial charge in [0.25, 0.3) is 0 Å². The van der Waals surface area contributed by atoms with Crippen LogP contribution in [0.5, 0.6) is 0 Å². The van der Waals surface area contributed by atoms with E-state index in [2.05, 4.69) is 11.4 Å². The quantitative estimate of drug-likeness (QED) is 0.236. The molecular weight excluding hydrogens is 691 g/mol. The molecule has 0 atom stereocenters. The summed E-state index contributed by atoms with van der Waals surface area (Å²) in [5.41, 5.74) is -6.92. The average molecular weight is 728 g/mol. The monoisotopic (exact) mass is 727 g/mol. The van der Waals surface area contributed by atoms with Crippen molar-refractivity contribution in [1.29, 1.82) is 5.26 Å². The maximum absolute atomic E-state index is 14.1. The molecule has 1 aliphatic rings. The third-order valence-electron chi connectivity index (χ3n) is 8.55. The number of nitrogens with one attached hydrogen (secondary N) is 1. The van der Waals surface area contributed by atoms with Crippen LogP contribution in [0.4, 0.5) is 41.2 Å². The van der Waals surface area contributed by atoms with Crippen molar-refractivity contribution >= 4 is 28.9 Å². The average Bonchev–Trinajstić information content (AvgIpc) is 3.37. The van der Waals surface area contributed by atoms with Crippen LogP contribution in [0.1, 0.15) is 80.2 Å². The molecule has 4 rings (SSSR count). The van der Waals surface area contributed by atoms with Crippen LogP contribution in [0, 0.1) is 24.1 Å². The number of amides is 1. The maximum Gasteiger partial charge on any atom is 0.416 e. The van der Waals surface area contributed by atoms with Crippen molar-refractivity contribution in [2.24, 2.45) is 0 Å². The first-order valence-corrected chi connectivity index (χ1v) is 16.3. The molecule has 7 nitrogen and oxygen atoms in total. The van der Waals surface area contributed by atoms with E-state index < -0.39 is 69.9 Å². The molecule has 2 aromatic carbocycles. The number of nitrogens with zero attached hydrogens (tertiary/aromatic N) is 2. The molecule has 3 aromatic rings. The smallest absolute Gasteiger partial charge is 0.416 e. The lowest BCUT2D eigenvalue weighted by atomic mass is 9.79. The van der Waals surface area contributed by atoms with Crippen LogP contribution < -0.4 is 5.32 Å². The summed E-state index contributed by atoms with van der Waals surface area (Å²) in [6.45, 7) is 8.71. The van der Waals surface area contributed by atoms with E-state index in [-0.39, 0.29) is 48.1 Å². The van der Waals surface area contributed by atoms with Crippen LogP contribution in [0.2, 0.25) is 0 Å². The number of thiophene rings is 1. The van der Waals surface area contributed by atoms with Crippen molar-refractivity contribution in [3.63, 3.8) is 0 Å². The molecule has 2 N–H and O–H groups in total. The van der Waals surface area contributed by atoms with E-state index in [1.165, 1.54) is 36.9 Å². The number of likely N-dealkylation sites (tertiary alicyclic amines) is 1. The Bertz CT molecular complexity index is 1800. The third kappa shape index (κ3) is 8.24. The highest BCUT2D eigenvalue weighted by molar-refractivity contribution is 7.16. The summed E-state index contributed by atoms with van der Waals surface area (Å²) >= 11 is 1.02.